The predicted molar refractivity (Wildman–Crippen MR) is 78.0 cm³/mol. The molecule has 0 saturated heterocycles. The maximum Gasteiger partial charge on any atom is 0.335 e. The number of fused-ring (bicyclic) bond motifs is 1. The quantitative estimate of drug-likeness (QED) is 0.908. The van der Waals surface area contributed by atoms with Gasteiger partial charge in [0.25, 0.3) is 0 Å². The Balaban J connectivity index is 2.04. The van der Waals surface area contributed by atoms with E-state index in [0.717, 1.165) is 48.1 Å². The first-order valence-corrected chi connectivity index (χ1v) is 7.32. The van der Waals surface area contributed by atoms with Gasteiger partial charge >= 0.3 is 5.97 Å². The molecule has 20 heavy (non-hydrogen) atoms. The number of nitrogens with zero attached hydrogens (tertiary/aromatic N) is 2. The van der Waals surface area contributed by atoms with Gasteiger partial charge in [-0.2, -0.15) is 0 Å². The highest BCUT2D eigenvalue weighted by Crippen LogP contribution is 2.40. The Kier molecular flexibility index (Phi) is 3.24. The second kappa shape index (κ2) is 4.93. The van der Waals surface area contributed by atoms with Crippen molar-refractivity contribution in [3.63, 3.8) is 0 Å². The standard InChI is InChI=1S/C16H20N2O2/c1-3-4-15-17-13-8-11(16(19)20)5-6-14(13)18(15)9-12-7-10(12)2/h5-6,8,10,12H,3-4,7,9H2,1-2H3,(H,19,20). The second-order valence-electron chi connectivity index (χ2n) is 5.87. The topological polar surface area (TPSA) is 55.1 Å². The number of carboxylic acids is 1. The number of imidazole rings is 1. The first-order chi connectivity index (χ1) is 9.60. The lowest BCUT2D eigenvalue weighted by Crippen LogP contribution is -2.06. The van der Waals surface area contributed by atoms with Crippen LogP contribution in [0.4, 0.5) is 0 Å². The number of benzene rings is 1. The van der Waals surface area contributed by atoms with Crippen LogP contribution in [0, 0.1) is 11.8 Å². The fourth-order valence-corrected chi connectivity index (χ4v) is 2.82. The van der Waals surface area contributed by atoms with Crippen LogP contribution >= 0.6 is 0 Å². The number of hydrogen-bond donors (Lipinski definition) is 1. The number of rotatable bonds is 5. The average molecular weight is 272 g/mol. The van der Waals surface area contributed by atoms with Gasteiger partial charge in [0.1, 0.15) is 5.82 Å². The molecular weight excluding hydrogens is 252 g/mol. The van der Waals surface area contributed by atoms with E-state index in [1.807, 2.05) is 6.07 Å². The molecule has 2 atom stereocenters. The zero-order valence-electron chi connectivity index (χ0n) is 12.0. The number of carbonyl (C=O) groups is 1. The number of hydrogen-bond acceptors (Lipinski definition) is 2. The van der Waals surface area contributed by atoms with Crippen LogP contribution in [0.3, 0.4) is 0 Å². The van der Waals surface area contributed by atoms with Crippen molar-refractivity contribution in [3.05, 3.63) is 29.6 Å². The van der Waals surface area contributed by atoms with Gasteiger partial charge in [-0.05, 0) is 42.9 Å². The van der Waals surface area contributed by atoms with Crippen LogP contribution in [-0.2, 0) is 13.0 Å². The Morgan fingerprint density at radius 3 is 2.85 bits per heavy atom. The van der Waals surface area contributed by atoms with E-state index >= 15 is 0 Å². The Morgan fingerprint density at radius 1 is 1.50 bits per heavy atom. The molecule has 0 aliphatic heterocycles. The van der Waals surface area contributed by atoms with Crippen molar-refractivity contribution >= 4 is 17.0 Å². The van der Waals surface area contributed by atoms with Crippen LogP contribution in [0.1, 0.15) is 42.9 Å². The third-order valence-corrected chi connectivity index (χ3v) is 4.24. The van der Waals surface area contributed by atoms with Gasteiger partial charge in [0, 0.05) is 13.0 Å². The minimum absolute atomic E-state index is 0.310. The smallest absolute Gasteiger partial charge is 0.335 e. The molecule has 0 radical (unpaired) electrons. The van der Waals surface area contributed by atoms with Gasteiger partial charge in [-0.15, -0.1) is 0 Å². The van der Waals surface area contributed by atoms with Crippen LogP contribution in [0.2, 0.25) is 0 Å². The van der Waals surface area contributed by atoms with Crippen LogP contribution in [0.5, 0.6) is 0 Å². The maximum absolute atomic E-state index is 11.1. The highest BCUT2D eigenvalue weighted by molar-refractivity contribution is 5.92. The zero-order valence-corrected chi connectivity index (χ0v) is 12.0. The number of aromatic carboxylic acids is 1. The molecule has 1 heterocycles. The number of aryl methyl sites for hydroxylation is 1. The third kappa shape index (κ3) is 2.30. The Labute approximate surface area is 118 Å². The van der Waals surface area contributed by atoms with Crippen LogP contribution in [0.15, 0.2) is 18.2 Å². The second-order valence-corrected chi connectivity index (χ2v) is 5.87. The summed E-state index contributed by atoms with van der Waals surface area (Å²) in [7, 11) is 0. The monoisotopic (exact) mass is 272 g/mol. The van der Waals surface area contributed by atoms with Gasteiger partial charge in [-0.25, -0.2) is 9.78 Å². The van der Waals surface area contributed by atoms with E-state index in [0.29, 0.717) is 5.56 Å². The van der Waals surface area contributed by atoms with Crippen molar-refractivity contribution in [2.75, 3.05) is 0 Å². The molecule has 2 unspecified atom stereocenters. The molecule has 1 N–H and O–H groups in total. The third-order valence-electron chi connectivity index (χ3n) is 4.24. The molecule has 0 amide bonds. The van der Waals surface area contributed by atoms with Gasteiger partial charge in [0.05, 0.1) is 16.6 Å². The summed E-state index contributed by atoms with van der Waals surface area (Å²) in [6, 6.07) is 5.26. The first kappa shape index (κ1) is 13.2. The van der Waals surface area contributed by atoms with Crippen molar-refractivity contribution in [3.8, 4) is 0 Å². The molecular formula is C16H20N2O2. The predicted octanol–water partition coefficient (Wildman–Crippen LogP) is 3.34. The van der Waals surface area contributed by atoms with E-state index in [2.05, 4.69) is 23.4 Å². The maximum atomic E-state index is 11.1. The molecule has 1 aliphatic carbocycles. The minimum Gasteiger partial charge on any atom is -0.478 e. The lowest BCUT2D eigenvalue weighted by Gasteiger charge is -2.08. The molecule has 1 aliphatic rings. The van der Waals surface area contributed by atoms with Crippen molar-refractivity contribution in [2.45, 2.75) is 39.7 Å². The number of aromatic nitrogens is 2. The lowest BCUT2D eigenvalue weighted by atomic mass is 10.2. The van der Waals surface area contributed by atoms with Crippen LogP contribution in [-0.4, -0.2) is 20.6 Å². The van der Waals surface area contributed by atoms with Gasteiger partial charge in [-0.1, -0.05) is 13.8 Å². The lowest BCUT2D eigenvalue weighted by molar-refractivity contribution is 0.0697. The van der Waals surface area contributed by atoms with E-state index < -0.39 is 5.97 Å². The largest absolute Gasteiger partial charge is 0.478 e. The summed E-state index contributed by atoms with van der Waals surface area (Å²) in [6.07, 6.45) is 3.28. The zero-order chi connectivity index (χ0) is 14.3. The molecule has 2 aromatic rings. The summed E-state index contributed by atoms with van der Waals surface area (Å²) in [4.78, 5) is 15.7. The highest BCUT2D eigenvalue weighted by Gasteiger charge is 2.33. The van der Waals surface area contributed by atoms with E-state index in [4.69, 9.17) is 5.11 Å². The SMILES string of the molecule is CCCc1nc2cc(C(=O)O)ccc2n1CC1CC1C. The molecule has 3 rings (SSSR count). The fourth-order valence-electron chi connectivity index (χ4n) is 2.82. The van der Waals surface area contributed by atoms with Gasteiger partial charge in [0.2, 0.25) is 0 Å². The van der Waals surface area contributed by atoms with Gasteiger partial charge < -0.3 is 9.67 Å². The summed E-state index contributed by atoms with van der Waals surface area (Å²) in [6.45, 7) is 5.44. The van der Waals surface area contributed by atoms with Gasteiger partial charge in [0.15, 0.2) is 0 Å². The van der Waals surface area contributed by atoms with E-state index in [-0.39, 0.29) is 0 Å². The summed E-state index contributed by atoms with van der Waals surface area (Å²) < 4.78 is 2.29. The fraction of sp³-hybridized carbons (Fsp3) is 0.500. The molecule has 1 fully saturated rings. The first-order valence-electron chi connectivity index (χ1n) is 7.32. The molecule has 1 saturated carbocycles. The minimum atomic E-state index is -0.894. The van der Waals surface area contributed by atoms with Gasteiger partial charge in [-0.3, -0.25) is 0 Å². The van der Waals surface area contributed by atoms with Crippen molar-refractivity contribution in [1.82, 2.24) is 9.55 Å². The Hall–Kier alpha value is -1.84. The molecule has 0 spiro atoms. The van der Waals surface area contributed by atoms with E-state index in [1.54, 1.807) is 12.1 Å². The average Bonchev–Trinajstić information content (AvgIpc) is 3.00. The highest BCUT2D eigenvalue weighted by atomic mass is 16.4. The molecule has 1 aromatic heterocycles. The van der Waals surface area contributed by atoms with Crippen molar-refractivity contribution in [1.29, 1.82) is 0 Å². The summed E-state index contributed by atoms with van der Waals surface area (Å²) in [5.41, 5.74) is 2.18. The van der Waals surface area contributed by atoms with Crippen LogP contribution < -0.4 is 0 Å². The molecule has 4 nitrogen and oxygen atoms in total. The van der Waals surface area contributed by atoms with Crippen molar-refractivity contribution in [2.24, 2.45) is 11.8 Å². The number of carboxylic acid groups (broad SMARTS) is 1. The van der Waals surface area contributed by atoms with Crippen LogP contribution in [0.25, 0.3) is 11.0 Å². The summed E-state index contributed by atoms with van der Waals surface area (Å²) >= 11 is 0. The molecule has 4 heteroatoms. The van der Waals surface area contributed by atoms with E-state index in [9.17, 15) is 4.79 Å². The van der Waals surface area contributed by atoms with E-state index in [1.165, 1.54) is 6.42 Å². The normalized spacial score (nSPS) is 21.3. The Morgan fingerprint density at radius 2 is 2.25 bits per heavy atom. The Bertz CT molecular complexity index is 660. The molecule has 0 bridgehead atoms. The summed E-state index contributed by atoms with van der Waals surface area (Å²) in [5, 5.41) is 9.08. The molecule has 1 aromatic carbocycles. The summed E-state index contributed by atoms with van der Waals surface area (Å²) in [5.74, 6) is 1.75. The molecule has 106 valence electrons. The van der Waals surface area contributed by atoms with Crippen molar-refractivity contribution < 1.29 is 9.90 Å².